The molecule has 0 saturated heterocycles. The quantitative estimate of drug-likeness (QED) is 0.139. The number of rotatable bonds is 6. The summed E-state index contributed by atoms with van der Waals surface area (Å²) < 4.78 is 10.3. The second-order valence-corrected chi connectivity index (χ2v) is 11.2. The second kappa shape index (κ2) is 14.1. The van der Waals surface area contributed by atoms with Gasteiger partial charge < -0.3 is 19.4 Å². The first-order chi connectivity index (χ1) is 24.5. The van der Waals surface area contributed by atoms with Crippen LogP contribution in [0.15, 0.2) is 109 Å². The van der Waals surface area contributed by atoms with Gasteiger partial charge in [-0.25, -0.2) is 19.6 Å². The third kappa shape index (κ3) is 6.47. The fourth-order valence-corrected chi connectivity index (χ4v) is 5.49. The molecule has 0 fully saturated rings. The van der Waals surface area contributed by atoms with Crippen molar-refractivity contribution in [2.75, 3.05) is 13.2 Å². The number of carbonyl (C=O) groups is 2. The minimum absolute atomic E-state index is 0.303. The van der Waals surface area contributed by atoms with Gasteiger partial charge in [-0.2, -0.15) is 0 Å². The Hall–Kier alpha value is -6.90. The molecule has 8 heteroatoms. The largest absolute Gasteiger partial charge is 0.462 e. The Morgan fingerprint density at radius 3 is 1.34 bits per heavy atom. The summed E-state index contributed by atoms with van der Waals surface area (Å²) in [6.07, 6.45) is 0. The van der Waals surface area contributed by atoms with E-state index in [1.54, 1.807) is 62.4 Å². The van der Waals surface area contributed by atoms with Crippen molar-refractivity contribution in [1.82, 2.24) is 19.9 Å². The maximum absolute atomic E-state index is 12.2. The second-order valence-electron chi connectivity index (χ2n) is 11.2. The average molecular weight is 655 g/mol. The summed E-state index contributed by atoms with van der Waals surface area (Å²) in [5.74, 6) is 13.8. The summed E-state index contributed by atoms with van der Waals surface area (Å²) >= 11 is 0. The van der Waals surface area contributed by atoms with Crippen molar-refractivity contribution in [3.05, 3.63) is 143 Å². The molecular formula is C42H30N4O4. The number of imidazole rings is 2. The lowest BCUT2D eigenvalue weighted by Crippen LogP contribution is -2.04. The monoisotopic (exact) mass is 654 g/mol. The van der Waals surface area contributed by atoms with Crippen LogP contribution in [-0.4, -0.2) is 45.1 Å². The third-order valence-corrected chi connectivity index (χ3v) is 7.93. The van der Waals surface area contributed by atoms with Crippen LogP contribution in [0.2, 0.25) is 0 Å². The van der Waals surface area contributed by atoms with Crippen LogP contribution in [0.1, 0.15) is 56.8 Å². The van der Waals surface area contributed by atoms with Crippen LogP contribution < -0.4 is 0 Å². The van der Waals surface area contributed by atoms with Gasteiger partial charge in [-0.1, -0.05) is 84.3 Å². The molecule has 8 nitrogen and oxygen atoms in total. The van der Waals surface area contributed by atoms with Crippen LogP contribution in [0, 0.1) is 23.7 Å². The minimum atomic E-state index is -0.378. The Labute approximate surface area is 288 Å². The van der Waals surface area contributed by atoms with E-state index >= 15 is 0 Å². The van der Waals surface area contributed by atoms with Gasteiger partial charge in [0.2, 0.25) is 0 Å². The first-order valence-electron chi connectivity index (χ1n) is 16.2. The molecule has 242 valence electrons. The summed E-state index contributed by atoms with van der Waals surface area (Å²) in [7, 11) is 0. The molecule has 0 radical (unpaired) electrons. The standard InChI is InChI=1S/C42H30N4O4/c1-3-49-41(47)31-21-15-27(16-22-31)19-25-33-35-37(45-39(43-35)29-11-7-5-8-12-29)34(26-20-28-17-23-32(24-18-28)42(48)50-4-2)38-36(33)44-40(46-38)30-13-9-6-10-14-30/h5-18,21-24H,3-4H2,1-2H3,(H,43,45)(H,44,46). The number of carbonyl (C=O) groups excluding carboxylic acids is 2. The van der Waals surface area contributed by atoms with Gasteiger partial charge in [0.05, 0.1) is 46.5 Å². The van der Waals surface area contributed by atoms with E-state index in [0.29, 0.717) is 74.7 Å². The summed E-state index contributed by atoms with van der Waals surface area (Å²) in [4.78, 5) is 41.6. The normalized spacial score (nSPS) is 10.6. The molecule has 0 amide bonds. The maximum atomic E-state index is 12.2. The van der Waals surface area contributed by atoms with Crippen molar-refractivity contribution >= 4 is 34.0 Å². The SMILES string of the molecule is CCOC(=O)c1ccc(C#Cc2c3nc(-c4ccccc4)[nH]c3c(C#Cc3ccc(C(=O)OCC)cc3)c3[nH]c(-c4ccccc4)nc23)cc1. The van der Waals surface area contributed by atoms with E-state index in [2.05, 4.69) is 33.6 Å². The summed E-state index contributed by atoms with van der Waals surface area (Å²) in [6, 6.07) is 33.7. The van der Waals surface area contributed by atoms with Crippen LogP contribution in [0.25, 0.3) is 44.8 Å². The Morgan fingerprint density at radius 1 is 0.540 bits per heavy atom. The summed E-state index contributed by atoms with van der Waals surface area (Å²) in [5.41, 5.74) is 8.15. The van der Waals surface area contributed by atoms with Crippen LogP contribution in [0.3, 0.4) is 0 Å². The fourth-order valence-electron chi connectivity index (χ4n) is 5.49. The Morgan fingerprint density at radius 2 is 0.940 bits per heavy atom. The molecule has 7 aromatic rings. The van der Waals surface area contributed by atoms with Gasteiger partial charge in [-0.3, -0.25) is 0 Å². The number of fused-ring (bicyclic) bond motifs is 2. The molecule has 0 aliphatic heterocycles. The van der Waals surface area contributed by atoms with Crippen molar-refractivity contribution in [2.24, 2.45) is 0 Å². The highest BCUT2D eigenvalue weighted by Crippen LogP contribution is 2.34. The molecule has 0 saturated carbocycles. The molecule has 0 aliphatic carbocycles. The molecule has 0 atom stereocenters. The number of hydrogen-bond acceptors (Lipinski definition) is 6. The van der Waals surface area contributed by atoms with E-state index in [0.717, 1.165) is 16.7 Å². The van der Waals surface area contributed by atoms with Crippen LogP contribution >= 0.6 is 0 Å². The first kappa shape index (κ1) is 31.7. The van der Waals surface area contributed by atoms with Crippen molar-refractivity contribution in [3.8, 4) is 46.5 Å². The predicted molar refractivity (Wildman–Crippen MR) is 193 cm³/mol. The van der Waals surface area contributed by atoms with Gasteiger partial charge in [-0.15, -0.1) is 0 Å². The molecule has 0 bridgehead atoms. The number of ether oxygens (including phenoxy) is 2. The van der Waals surface area contributed by atoms with Gasteiger partial charge in [-0.05, 0) is 62.4 Å². The molecule has 5 aromatic carbocycles. The van der Waals surface area contributed by atoms with Crippen molar-refractivity contribution in [3.63, 3.8) is 0 Å². The molecule has 0 aliphatic rings. The summed E-state index contributed by atoms with van der Waals surface area (Å²) in [6.45, 7) is 4.16. The molecule has 7 rings (SSSR count). The Balaban J connectivity index is 1.43. The molecule has 50 heavy (non-hydrogen) atoms. The average Bonchev–Trinajstić information content (AvgIpc) is 3.80. The third-order valence-electron chi connectivity index (χ3n) is 7.93. The van der Waals surface area contributed by atoms with Gasteiger partial charge in [0.25, 0.3) is 0 Å². The van der Waals surface area contributed by atoms with Crippen LogP contribution in [-0.2, 0) is 9.47 Å². The first-order valence-corrected chi connectivity index (χ1v) is 16.2. The number of aromatic amines is 2. The zero-order valence-electron chi connectivity index (χ0n) is 27.3. The zero-order valence-corrected chi connectivity index (χ0v) is 27.3. The highest BCUT2D eigenvalue weighted by molar-refractivity contribution is 6.06. The molecule has 2 heterocycles. The molecule has 2 N–H and O–H groups in total. The van der Waals surface area contributed by atoms with Crippen molar-refractivity contribution < 1.29 is 19.1 Å². The van der Waals surface area contributed by atoms with Gasteiger partial charge in [0, 0.05) is 22.3 Å². The lowest BCUT2D eigenvalue weighted by Gasteiger charge is -2.02. The van der Waals surface area contributed by atoms with E-state index in [1.807, 2.05) is 60.7 Å². The summed E-state index contributed by atoms with van der Waals surface area (Å²) in [5, 5.41) is 0. The van der Waals surface area contributed by atoms with E-state index in [9.17, 15) is 9.59 Å². The highest BCUT2D eigenvalue weighted by Gasteiger charge is 2.21. The van der Waals surface area contributed by atoms with Gasteiger partial charge in [0.15, 0.2) is 0 Å². The maximum Gasteiger partial charge on any atom is 0.338 e. The number of esters is 2. The number of nitrogens with one attached hydrogen (secondary N) is 2. The minimum Gasteiger partial charge on any atom is -0.462 e. The topological polar surface area (TPSA) is 110 Å². The van der Waals surface area contributed by atoms with E-state index < -0.39 is 0 Å². The predicted octanol–water partition coefficient (Wildman–Crippen LogP) is 7.93. The van der Waals surface area contributed by atoms with Gasteiger partial charge in [0.1, 0.15) is 22.7 Å². The molecular weight excluding hydrogens is 624 g/mol. The van der Waals surface area contributed by atoms with E-state index in [-0.39, 0.29) is 11.9 Å². The number of hydrogen-bond donors (Lipinski definition) is 2. The lowest BCUT2D eigenvalue weighted by atomic mass is 10.0. The van der Waals surface area contributed by atoms with Crippen molar-refractivity contribution in [1.29, 1.82) is 0 Å². The van der Waals surface area contributed by atoms with E-state index in [4.69, 9.17) is 19.4 Å². The highest BCUT2D eigenvalue weighted by atomic mass is 16.5. The van der Waals surface area contributed by atoms with Crippen LogP contribution in [0.4, 0.5) is 0 Å². The molecule has 0 unspecified atom stereocenters. The number of nitrogens with zero attached hydrogens (tertiary/aromatic N) is 2. The Bertz CT molecular complexity index is 2250. The lowest BCUT2D eigenvalue weighted by molar-refractivity contribution is 0.0516. The van der Waals surface area contributed by atoms with Crippen LogP contribution in [0.5, 0.6) is 0 Å². The molecule has 2 aromatic heterocycles. The van der Waals surface area contributed by atoms with Crippen molar-refractivity contribution in [2.45, 2.75) is 13.8 Å². The number of benzene rings is 5. The smallest absolute Gasteiger partial charge is 0.338 e. The Kier molecular flexibility index (Phi) is 8.92. The number of aromatic nitrogens is 4. The fraction of sp³-hybridized carbons (Fsp3) is 0.0952. The molecule has 0 spiro atoms. The van der Waals surface area contributed by atoms with E-state index in [1.165, 1.54) is 0 Å². The zero-order chi connectivity index (χ0) is 34.5. The number of H-pyrrole nitrogens is 2. The van der Waals surface area contributed by atoms with Gasteiger partial charge >= 0.3 is 11.9 Å².